The van der Waals surface area contributed by atoms with Gasteiger partial charge < -0.3 is 15.1 Å². The molecule has 0 amide bonds. The maximum Gasteiger partial charge on any atom is 0.0737 e. The van der Waals surface area contributed by atoms with Crippen molar-refractivity contribution in [1.29, 1.82) is 0 Å². The van der Waals surface area contributed by atoms with E-state index in [0.717, 1.165) is 60.9 Å². The molecule has 0 aliphatic rings. The zero-order chi connectivity index (χ0) is 18.1. The number of aromatic nitrogens is 1. The van der Waals surface area contributed by atoms with E-state index >= 15 is 0 Å². The quantitative estimate of drug-likeness (QED) is 0.643. The number of pyridine rings is 1. The molecule has 25 heavy (non-hydrogen) atoms. The molecule has 0 atom stereocenters. The van der Waals surface area contributed by atoms with Crippen molar-refractivity contribution in [3.63, 3.8) is 0 Å². The van der Waals surface area contributed by atoms with Crippen LogP contribution in [0.1, 0.15) is 27.2 Å². The van der Waals surface area contributed by atoms with E-state index in [1.807, 2.05) is 30.5 Å². The van der Waals surface area contributed by atoms with Crippen molar-refractivity contribution in [1.82, 2.24) is 14.8 Å². The van der Waals surface area contributed by atoms with Crippen LogP contribution in [0, 0.1) is 0 Å². The van der Waals surface area contributed by atoms with Gasteiger partial charge in [-0.15, -0.1) is 0 Å². The van der Waals surface area contributed by atoms with Crippen LogP contribution in [0.25, 0.3) is 10.9 Å². The first kappa shape index (κ1) is 20.0. The average molecular weight is 363 g/mol. The fourth-order valence-electron chi connectivity index (χ4n) is 3.11. The number of halogens is 1. The van der Waals surface area contributed by atoms with Gasteiger partial charge in [-0.05, 0) is 63.4 Å². The second kappa shape index (κ2) is 10.6. The topological polar surface area (TPSA) is 31.4 Å². The molecule has 1 aromatic carbocycles. The van der Waals surface area contributed by atoms with Gasteiger partial charge in [0.1, 0.15) is 0 Å². The van der Waals surface area contributed by atoms with Crippen LogP contribution in [0.2, 0.25) is 5.02 Å². The van der Waals surface area contributed by atoms with Crippen molar-refractivity contribution >= 4 is 28.2 Å². The molecule has 2 rings (SSSR count). The van der Waals surface area contributed by atoms with E-state index in [1.54, 1.807) is 0 Å². The van der Waals surface area contributed by atoms with Crippen LogP contribution >= 0.6 is 11.6 Å². The predicted octanol–water partition coefficient (Wildman–Crippen LogP) is 4.35. The Hall–Kier alpha value is -1.36. The molecule has 2 aromatic rings. The van der Waals surface area contributed by atoms with Crippen molar-refractivity contribution in [2.45, 2.75) is 27.2 Å². The number of fused-ring (bicyclic) bond motifs is 1. The molecular formula is C20H31ClN4. The summed E-state index contributed by atoms with van der Waals surface area (Å²) in [7, 11) is 0. The number of benzene rings is 1. The van der Waals surface area contributed by atoms with Crippen LogP contribution in [-0.2, 0) is 0 Å². The van der Waals surface area contributed by atoms with E-state index in [2.05, 4.69) is 40.9 Å². The van der Waals surface area contributed by atoms with Crippen LogP contribution < -0.4 is 5.32 Å². The van der Waals surface area contributed by atoms with Gasteiger partial charge in [0.2, 0.25) is 0 Å². The lowest BCUT2D eigenvalue weighted by Gasteiger charge is -2.23. The van der Waals surface area contributed by atoms with Gasteiger partial charge in [-0.3, -0.25) is 4.98 Å². The molecule has 0 spiro atoms. The number of hydrogen-bond donors (Lipinski definition) is 1. The van der Waals surface area contributed by atoms with Crippen molar-refractivity contribution in [3.8, 4) is 0 Å². The minimum atomic E-state index is 0.725. The normalized spacial score (nSPS) is 11.6. The lowest BCUT2D eigenvalue weighted by Crippen LogP contribution is -2.33. The van der Waals surface area contributed by atoms with Crippen molar-refractivity contribution < 1.29 is 0 Å². The van der Waals surface area contributed by atoms with Gasteiger partial charge in [0.25, 0.3) is 0 Å². The summed E-state index contributed by atoms with van der Waals surface area (Å²) < 4.78 is 0. The van der Waals surface area contributed by atoms with E-state index in [0.29, 0.717) is 0 Å². The second-order valence-corrected chi connectivity index (χ2v) is 6.70. The summed E-state index contributed by atoms with van der Waals surface area (Å²) in [6.07, 6.45) is 3.06. The molecule has 0 saturated heterocycles. The zero-order valence-corrected chi connectivity index (χ0v) is 16.5. The van der Waals surface area contributed by atoms with E-state index in [9.17, 15) is 0 Å². The molecule has 0 unspecified atom stereocenters. The van der Waals surface area contributed by atoms with E-state index in [4.69, 9.17) is 11.6 Å². The van der Waals surface area contributed by atoms with Crippen LogP contribution in [0.15, 0.2) is 30.5 Å². The highest BCUT2D eigenvalue weighted by molar-refractivity contribution is 6.31. The molecule has 0 fully saturated rings. The number of anilines is 1. The first-order valence-corrected chi connectivity index (χ1v) is 9.78. The largest absolute Gasteiger partial charge is 0.383 e. The SMILES string of the molecule is CCN(CC)CCCN(CC)CCNc1ccnc2cc(Cl)ccc12. The molecule has 4 nitrogen and oxygen atoms in total. The summed E-state index contributed by atoms with van der Waals surface area (Å²) in [5.41, 5.74) is 2.06. The van der Waals surface area contributed by atoms with Crippen molar-refractivity contribution in [2.75, 3.05) is 51.1 Å². The van der Waals surface area contributed by atoms with Gasteiger partial charge >= 0.3 is 0 Å². The highest BCUT2D eigenvalue weighted by Crippen LogP contribution is 2.24. The Morgan fingerprint density at radius 1 is 0.960 bits per heavy atom. The molecule has 5 heteroatoms. The Labute approximate surface area is 157 Å². The molecule has 0 aliphatic carbocycles. The Balaban J connectivity index is 1.82. The second-order valence-electron chi connectivity index (χ2n) is 6.26. The average Bonchev–Trinajstić information content (AvgIpc) is 2.63. The molecule has 1 aromatic heterocycles. The molecule has 1 N–H and O–H groups in total. The molecular weight excluding hydrogens is 332 g/mol. The molecule has 1 heterocycles. The van der Waals surface area contributed by atoms with Gasteiger partial charge in [0.05, 0.1) is 5.52 Å². The standard InChI is InChI=1S/C20H31ClN4/c1-4-24(5-2)13-7-14-25(6-3)15-12-23-19-10-11-22-20-16-17(21)8-9-18(19)20/h8-11,16H,4-7,12-15H2,1-3H3,(H,22,23). The Morgan fingerprint density at radius 3 is 2.40 bits per heavy atom. The number of rotatable bonds is 11. The van der Waals surface area contributed by atoms with E-state index in [-0.39, 0.29) is 0 Å². The van der Waals surface area contributed by atoms with Crippen molar-refractivity contribution in [2.24, 2.45) is 0 Å². The van der Waals surface area contributed by atoms with Gasteiger partial charge in [0, 0.05) is 35.4 Å². The maximum atomic E-state index is 6.06. The molecule has 0 radical (unpaired) electrons. The van der Waals surface area contributed by atoms with Gasteiger partial charge in [-0.25, -0.2) is 0 Å². The summed E-state index contributed by atoms with van der Waals surface area (Å²) in [5.74, 6) is 0. The zero-order valence-electron chi connectivity index (χ0n) is 15.8. The summed E-state index contributed by atoms with van der Waals surface area (Å²) in [5, 5.41) is 5.40. The fraction of sp³-hybridized carbons (Fsp3) is 0.550. The highest BCUT2D eigenvalue weighted by Gasteiger charge is 2.06. The van der Waals surface area contributed by atoms with E-state index in [1.165, 1.54) is 13.0 Å². The summed E-state index contributed by atoms with van der Waals surface area (Å²) in [6, 6.07) is 7.90. The molecule has 0 bridgehead atoms. The smallest absolute Gasteiger partial charge is 0.0737 e. The fourth-order valence-corrected chi connectivity index (χ4v) is 3.28. The monoisotopic (exact) mass is 362 g/mol. The summed E-state index contributed by atoms with van der Waals surface area (Å²) in [6.45, 7) is 14.4. The minimum absolute atomic E-state index is 0.725. The number of hydrogen-bond acceptors (Lipinski definition) is 4. The third-order valence-corrected chi connectivity index (χ3v) is 4.97. The van der Waals surface area contributed by atoms with Crippen LogP contribution in [-0.4, -0.2) is 60.6 Å². The van der Waals surface area contributed by atoms with Crippen LogP contribution in [0.4, 0.5) is 5.69 Å². The summed E-state index contributed by atoms with van der Waals surface area (Å²) >= 11 is 6.06. The lowest BCUT2D eigenvalue weighted by atomic mass is 10.2. The lowest BCUT2D eigenvalue weighted by molar-refractivity contribution is 0.248. The number of nitrogens with zero attached hydrogens (tertiary/aromatic N) is 3. The Morgan fingerprint density at radius 2 is 1.68 bits per heavy atom. The molecule has 0 aliphatic heterocycles. The molecule has 0 saturated carbocycles. The number of likely N-dealkylation sites (N-methyl/N-ethyl adjacent to an activating group) is 1. The Kier molecular flexibility index (Phi) is 8.45. The third-order valence-electron chi connectivity index (χ3n) is 4.74. The van der Waals surface area contributed by atoms with Crippen molar-refractivity contribution in [3.05, 3.63) is 35.5 Å². The van der Waals surface area contributed by atoms with Gasteiger partial charge in [-0.2, -0.15) is 0 Å². The number of nitrogens with one attached hydrogen (secondary N) is 1. The first-order chi connectivity index (χ1) is 12.2. The van der Waals surface area contributed by atoms with Crippen LogP contribution in [0.5, 0.6) is 0 Å². The van der Waals surface area contributed by atoms with E-state index < -0.39 is 0 Å². The highest BCUT2D eigenvalue weighted by atomic mass is 35.5. The maximum absolute atomic E-state index is 6.06. The summed E-state index contributed by atoms with van der Waals surface area (Å²) in [4.78, 5) is 9.39. The first-order valence-electron chi connectivity index (χ1n) is 9.40. The minimum Gasteiger partial charge on any atom is -0.383 e. The predicted molar refractivity (Wildman–Crippen MR) is 110 cm³/mol. The van der Waals surface area contributed by atoms with Gasteiger partial charge in [0.15, 0.2) is 0 Å². The van der Waals surface area contributed by atoms with Crippen LogP contribution in [0.3, 0.4) is 0 Å². The van der Waals surface area contributed by atoms with Gasteiger partial charge in [-0.1, -0.05) is 32.4 Å². The molecule has 138 valence electrons. The Bertz CT molecular complexity index is 643. The third kappa shape index (κ3) is 6.14.